The number of carbonyl (C=O) groups excluding carboxylic acids is 2. The highest BCUT2D eigenvalue weighted by Crippen LogP contribution is 2.11. The van der Waals surface area contributed by atoms with Gasteiger partial charge in [0.1, 0.15) is 11.5 Å². The van der Waals surface area contributed by atoms with E-state index in [9.17, 15) is 9.59 Å². The summed E-state index contributed by atoms with van der Waals surface area (Å²) in [5.74, 6) is 0.686. The second-order valence-electron chi connectivity index (χ2n) is 4.44. The third-order valence-corrected chi connectivity index (χ3v) is 2.80. The maximum absolute atomic E-state index is 11.7. The number of benzene rings is 1. The molecule has 1 heterocycles. The summed E-state index contributed by atoms with van der Waals surface area (Å²) in [6, 6.07) is 10.3. The number of nitrogens with one attached hydrogen (secondary N) is 2. The zero-order valence-electron chi connectivity index (χ0n) is 11.8. The molecule has 2 amide bonds. The fourth-order valence-corrected chi connectivity index (χ4v) is 1.72. The molecule has 0 aliphatic heterocycles. The first-order chi connectivity index (χ1) is 10.1. The Morgan fingerprint density at radius 3 is 2.38 bits per heavy atom. The number of hydrogen-bond acceptors (Lipinski definition) is 4. The number of furan rings is 1. The van der Waals surface area contributed by atoms with Crippen molar-refractivity contribution in [3.05, 3.63) is 53.5 Å². The second-order valence-corrected chi connectivity index (χ2v) is 4.44. The lowest BCUT2D eigenvalue weighted by atomic mass is 10.1. The first kappa shape index (κ1) is 14.6. The largest absolute Gasteiger partial charge is 0.497 e. The summed E-state index contributed by atoms with van der Waals surface area (Å²) in [6.45, 7) is 1.74. The highest BCUT2D eigenvalue weighted by Gasteiger charge is 2.11. The summed E-state index contributed by atoms with van der Waals surface area (Å²) in [5, 5.41) is 0. The van der Waals surface area contributed by atoms with E-state index in [-0.39, 0.29) is 18.1 Å². The Bertz CT molecular complexity index is 631. The van der Waals surface area contributed by atoms with Gasteiger partial charge < -0.3 is 9.15 Å². The van der Waals surface area contributed by atoms with Crippen molar-refractivity contribution in [1.82, 2.24) is 10.9 Å². The van der Waals surface area contributed by atoms with Crippen LogP contribution in [-0.2, 0) is 11.2 Å². The molecule has 0 saturated carbocycles. The van der Waals surface area contributed by atoms with Gasteiger partial charge in [0.2, 0.25) is 5.91 Å². The molecule has 2 aromatic rings. The molecule has 0 radical (unpaired) electrons. The Morgan fingerprint density at radius 1 is 1.10 bits per heavy atom. The molecule has 0 aliphatic carbocycles. The van der Waals surface area contributed by atoms with E-state index in [2.05, 4.69) is 10.9 Å². The highest BCUT2D eigenvalue weighted by atomic mass is 16.5. The highest BCUT2D eigenvalue weighted by molar-refractivity contribution is 5.93. The summed E-state index contributed by atoms with van der Waals surface area (Å²) in [5.41, 5.74) is 5.45. The normalized spacial score (nSPS) is 10.0. The van der Waals surface area contributed by atoms with Gasteiger partial charge in [-0.2, -0.15) is 0 Å². The monoisotopic (exact) mass is 288 g/mol. The predicted molar refractivity (Wildman–Crippen MR) is 75.8 cm³/mol. The van der Waals surface area contributed by atoms with Crippen molar-refractivity contribution in [1.29, 1.82) is 0 Å². The molecule has 0 spiro atoms. The molecular formula is C15H16N2O4. The number of aryl methyl sites for hydroxylation is 1. The Hall–Kier alpha value is -2.76. The average molecular weight is 288 g/mol. The molecule has 1 aromatic heterocycles. The van der Waals surface area contributed by atoms with Crippen LogP contribution < -0.4 is 15.6 Å². The number of hydrogen-bond donors (Lipinski definition) is 2. The molecule has 21 heavy (non-hydrogen) atoms. The van der Waals surface area contributed by atoms with Gasteiger partial charge in [-0.05, 0) is 36.8 Å². The molecule has 0 fully saturated rings. The molecule has 0 atom stereocenters. The molecule has 0 unspecified atom stereocenters. The van der Waals surface area contributed by atoms with Crippen LogP contribution in [0.2, 0.25) is 0 Å². The maximum Gasteiger partial charge on any atom is 0.305 e. The lowest BCUT2D eigenvalue weighted by molar-refractivity contribution is -0.121. The van der Waals surface area contributed by atoms with Crippen LogP contribution in [0.3, 0.4) is 0 Å². The summed E-state index contributed by atoms with van der Waals surface area (Å²) >= 11 is 0. The van der Waals surface area contributed by atoms with Gasteiger partial charge in [-0.3, -0.25) is 20.4 Å². The molecule has 6 nitrogen and oxygen atoms in total. The number of hydrazine groups is 1. The van der Waals surface area contributed by atoms with Crippen LogP contribution in [0.15, 0.2) is 40.8 Å². The van der Waals surface area contributed by atoms with Crippen molar-refractivity contribution >= 4 is 11.8 Å². The van der Waals surface area contributed by atoms with Crippen molar-refractivity contribution in [2.24, 2.45) is 0 Å². The number of methoxy groups -OCH3 is 1. The minimum atomic E-state index is -0.494. The van der Waals surface area contributed by atoms with Gasteiger partial charge in [-0.1, -0.05) is 12.1 Å². The lowest BCUT2D eigenvalue weighted by Crippen LogP contribution is -2.42. The van der Waals surface area contributed by atoms with Crippen LogP contribution in [-0.4, -0.2) is 18.9 Å². The topological polar surface area (TPSA) is 80.6 Å². The summed E-state index contributed by atoms with van der Waals surface area (Å²) in [4.78, 5) is 23.4. The quantitative estimate of drug-likeness (QED) is 0.837. The van der Waals surface area contributed by atoms with Gasteiger partial charge >= 0.3 is 5.91 Å². The number of carbonyl (C=O) groups is 2. The van der Waals surface area contributed by atoms with Crippen molar-refractivity contribution < 1.29 is 18.7 Å². The second kappa shape index (κ2) is 6.60. The SMILES string of the molecule is COc1ccc(CC(=O)NNC(=O)c2ccc(C)o2)cc1. The van der Waals surface area contributed by atoms with Crippen LogP contribution in [0.5, 0.6) is 5.75 Å². The van der Waals surface area contributed by atoms with Gasteiger partial charge in [0.05, 0.1) is 13.5 Å². The molecule has 110 valence electrons. The molecule has 2 rings (SSSR count). The van der Waals surface area contributed by atoms with E-state index >= 15 is 0 Å². The maximum atomic E-state index is 11.7. The molecule has 0 aliphatic rings. The number of ether oxygens (including phenoxy) is 1. The van der Waals surface area contributed by atoms with Crippen molar-refractivity contribution in [3.8, 4) is 5.75 Å². The minimum absolute atomic E-state index is 0.150. The Morgan fingerprint density at radius 2 is 1.81 bits per heavy atom. The minimum Gasteiger partial charge on any atom is -0.497 e. The van der Waals surface area contributed by atoms with Crippen LogP contribution in [0, 0.1) is 6.92 Å². The number of amides is 2. The zero-order chi connectivity index (χ0) is 15.2. The van der Waals surface area contributed by atoms with E-state index in [1.54, 1.807) is 50.4 Å². The summed E-state index contributed by atoms with van der Waals surface area (Å²) < 4.78 is 10.2. The Balaban J connectivity index is 1.82. The van der Waals surface area contributed by atoms with Gasteiger partial charge in [-0.25, -0.2) is 0 Å². The zero-order valence-corrected chi connectivity index (χ0v) is 11.8. The standard InChI is InChI=1S/C15H16N2O4/c1-10-3-8-13(21-10)15(19)17-16-14(18)9-11-4-6-12(20-2)7-5-11/h3-8H,9H2,1-2H3,(H,16,18)(H,17,19). The first-order valence-corrected chi connectivity index (χ1v) is 6.37. The third-order valence-electron chi connectivity index (χ3n) is 2.80. The first-order valence-electron chi connectivity index (χ1n) is 6.37. The average Bonchev–Trinajstić information content (AvgIpc) is 2.92. The van der Waals surface area contributed by atoms with Gasteiger partial charge in [0, 0.05) is 0 Å². The fourth-order valence-electron chi connectivity index (χ4n) is 1.72. The third kappa shape index (κ3) is 4.10. The summed E-state index contributed by atoms with van der Waals surface area (Å²) in [7, 11) is 1.58. The predicted octanol–water partition coefficient (Wildman–Crippen LogP) is 1.60. The van der Waals surface area contributed by atoms with Crippen LogP contribution >= 0.6 is 0 Å². The molecule has 0 bridgehead atoms. The lowest BCUT2D eigenvalue weighted by Gasteiger charge is -2.06. The van der Waals surface area contributed by atoms with E-state index < -0.39 is 5.91 Å². The van der Waals surface area contributed by atoms with E-state index in [0.29, 0.717) is 5.76 Å². The van der Waals surface area contributed by atoms with Gasteiger partial charge in [-0.15, -0.1) is 0 Å². The van der Waals surface area contributed by atoms with Crippen LogP contribution in [0.1, 0.15) is 21.9 Å². The molecule has 0 saturated heterocycles. The van der Waals surface area contributed by atoms with Gasteiger partial charge in [0.25, 0.3) is 0 Å². The van der Waals surface area contributed by atoms with Crippen LogP contribution in [0.25, 0.3) is 0 Å². The molecule has 2 N–H and O–H groups in total. The van der Waals surface area contributed by atoms with Gasteiger partial charge in [0.15, 0.2) is 5.76 Å². The van der Waals surface area contributed by atoms with E-state index in [1.807, 2.05) is 0 Å². The Labute approximate surface area is 122 Å². The van der Waals surface area contributed by atoms with E-state index in [4.69, 9.17) is 9.15 Å². The fraction of sp³-hybridized carbons (Fsp3) is 0.200. The van der Waals surface area contributed by atoms with Crippen molar-refractivity contribution in [2.75, 3.05) is 7.11 Å². The van der Waals surface area contributed by atoms with E-state index in [0.717, 1.165) is 11.3 Å². The molecular weight excluding hydrogens is 272 g/mol. The summed E-state index contributed by atoms with van der Waals surface area (Å²) in [6.07, 6.45) is 0.154. The number of rotatable bonds is 4. The smallest absolute Gasteiger partial charge is 0.305 e. The van der Waals surface area contributed by atoms with Crippen molar-refractivity contribution in [3.63, 3.8) is 0 Å². The van der Waals surface area contributed by atoms with Crippen LogP contribution in [0.4, 0.5) is 0 Å². The molecule has 1 aromatic carbocycles. The Kier molecular flexibility index (Phi) is 4.61. The van der Waals surface area contributed by atoms with E-state index in [1.165, 1.54) is 0 Å². The van der Waals surface area contributed by atoms with Crippen molar-refractivity contribution in [2.45, 2.75) is 13.3 Å². The molecule has 6 heteroatoms.